The van der Waals surface area contributed by atoms with Crippen LogP contribution in [0.1, 0.15) is 38.2 Å². The number of amides is 1. The lowest BCUT2D eigenvalue weighted by Crippen LogP contribution is -2.36. The average Bonchev–Trinajstić information content (AvgIpc) is 2.93. The number of carbonyl (C=O) groups is 1. The van der Waals surface area contributed by atoms with E-state index in [9.17, 15) is 4.79 Å². The summed E-state index contributed by atoms with van der Waals surface area (Å²) in [6.45, 7) is 5.70. The van der Waals surface area contributed by atoms with Gasteiger partial charge in [0.1, 0.15) is 11.9 Å². The molecule has 0 bridgehead atoms. The predicted molar refractivity (Wildman–Crippen MR) is 112 cm³/mol. The van der Waals surface area contributed by atoms with Gasteiger partial charge in [0.25, 0.3) is 0 Å². The predicted octanol–water partition coefficient (Wildman–Crippen LogP) is 5.67. The SMILES string of the molecule is CC(C)NC(=O)[C@@H](C)n1c(Cc2ccccc2Cl)nc2cc(Cl)c(Cl)cc21. The molecule has 0 unspecified atom stereocenters. The first-order chi connectivity index (χ1) is 12.8. The quantitative estimate of drug-likeness (QED) is 0.573. The van der Waals surface area contributed by atoms with Crippen molar-refractivity contribution in [1.29, 1.82) is 0 Å². The lowest BCUT2D eigenvalue weighted by atomic mass is 10.1. The molecule has 0 saturated heterocycles. The fourth-order valence-electron chi connectivity index (χ4n) is 3.03. The zero-order valence-corrected chi connectivity index (χ0v) is 17.5. The van der Waals surface area contributed by atoms with Crippen molar-refractivity contribution in [3.8, 4) is 0 Å². The van der Waals surface area contributed by atoms with Crippen molar-refractivity contribution < 1.29 is 4.79 Å². The molecular formula is C20H20Cl3N3O. The van der Waals surface area contributed by atoms with Crippen molar-refractivity contribution in [2.24, 2.45) is 0 Å². The number of aromatic nitrogens is 2. The van der Waals surface area contributed by atoms with E-state index in [4.69, 9.17) is 39.8 Å². The molecule has 142 valence electrons. The van der Waals surface area contributed by atoms with E-state index in [1.165, 1.54) is 0 Å². The van der Waals surface area contributed by atoms with Crippen LogP contribution in [0.5, 0.6) is 0 Å². The summed E-state index contributed by atoms with van der Waals surface area (Å²) in [4.78, 5) is 17.4. The van der Waals surface area contributed by atoms with Crippen molar-refractivity contribution in [3.63, 3.8) is 0 Å². The number of halogens is 3. The molecule has 1 heterocycles. The van der Waals surface area contributed by atoms with Gasteiger partial charge < -0.3 is 9.88 Å². The maximum Gasteiger partial charge on any atom is 0.243 e. The maximum atomic E-state index is 12.7. The Balaban J connectivity index is 2.14. The fourth-order valence-corrected chi connectivity index (χ4v) is 3.55. The second-order valence-corrected chi connectivity index (χ2v) is 7.98. The van der Waals surface area contributed by atoms with Crippen LogP contribution >= 0.6 is 34.8 Å². The molecule has 3 rings (SSSR count). The van der Waals surface area contributed by atoms with Gasteiger partial charge in [-0.15, -0.1) is 0 Å². The summed E-state index contributed by atoms with van der Waals surface area (Å²) >= 11 is 18.7. The van der Waals surface area contributed by atoms with Crippen LogP contribution < -0.4 is 5.32 Å². The van der Waals surface area contributed by atoms with Gasteiger partial charge in [0, 0.05) is 17.5 Å². The highest BCUT2D eigenvalue weighted by Gasteiger charge is 2.23. The Morgan fingerprint density at radius 3 is 2.41 bits per heavy atom. The number of imidazole rings is 1. The Morgan fingerprint density at radius 2 is 1.74 bits per heavy atom. The van der Waals surface area contributed by atoms with Crippen molar-refractivity contribution in [3.05, 3.63) is 62.9 Å². The number of hydrogen-bond acceptors (Lipinski definition) is 2. The van der Waals surface area contributed by atoms with Crippen LogP contribution in [0.15, 0.2) is 36.4 Å². The smallest absolute Gasteiger partial charge is 0.243 e. The van der Waals surface area contributed by atoms with Gasteiger partial charge in [-0.05, 0) is 44.5 Å². The number of nitrogens with one attached hydrogen (secondary N) is 1. The summed E-state index contributed by atoms with van der Waals surface area (Å²) in [6.07, 6.45) is 0.489. The standard InChI is InChI=1S/C20H20Cl3N3O/c1-11(2)24-20(27)12(3)26-18-10-16(23)15(22)9-17(18)25-19(26)8-13-6-4-5-7-14(13)21/h4-7,9-12H,8H2,1-3H3,(H,24,27)/t12-/m1/s1. The average molecular weight is 425 g/mol. The Kier molecular flexibility index (Phi) is 5.99. The van der Waals surface area contributed by atoms with E-state index in [0.717, 1.165) is 16.9 Å². The Morgan fingerprint density at radius 1 is 1.07 bits per heavy atom. The van der Waals surface area contributed by atoms with E-state index >= 15 is 0 Å². The van der Waals surface area contributed by atoms with E-state index < -0.39 is 6.04 Å². The topological polar surface area (TPSA) is 46.9 Å². The number of hydrogen-bond donors (Lipinski definition) is 1. The minimum absolute atomic E-state index is 0.0415. The number of nitrogens with zero attached hydrogens (tertiary/aromatic N) is 2. The summed E-state index contributed by atoms with van der Waals surface area (Å²) in [5, 5.41) is 4.46. The molecule has 2 aromatic carbocycles. The number of fused-ring (bicyclic) bond motifs is 1. The van der Waals surface area contributed by atoms with Gasteiger partial charge in [-0.25, -0.2) is 4.98 Å². The van der Waals surface area contributed by atoms with E-state index in [1.54, 1.807) is 12.1 Å². The van der Waals surface area contributed by atoms with Gasteiger partial charge in [-0.2, -0.15) is 0 Å². The summed E-state index contributed by atoms with van der Waals surface area (Å²) in [5.74, 6) is 0.638. The molecule has 0 aliphatic rings. The number of rotatable bonds is 5. The Bertz CT molecular complexity index is 998. The third kappa shape index (κ3) is 4.23. The van der Waals surface area contributed by atoms with Crippen molar-refractivity contribution in [2.75, 3.05) is 0 Å². The van der Waals surface area contributed by atoms with Crippen LogP contribution in [-0.2, 0) is 11.2 Å². The van der Waals surface area contributed by atoms with Gasteiger partial charge in [-0.3, -0.25) is 4.79 Å². The molecule has 1 N–H and O–H groups in total. The lowest BCUT2D eigenvalue weighted by Gasteiger charge is -2.19. The van der Waals surface area contributed by atoms with E-state index in [0.29, 0.717) is 27.0 Å². The molecule has 1 aromatic heterocycles. The third-order valence-corrected chi connectivity index (χ3v) is 5.40. The molecule has 4 nitrogen and oxygen atoms in total. The summed E-state index contributed by atoms with van der Waals surface area (Å²) in [5.41, 5.74) is 2.39. The molecule has 27 heavy (non-hydrogen) atoms. The highest BCUT2D eigenvalue weighted by atomic mass is 35.5. The number of benzene rings is 2. The molecule has 0 radical (unpaired) electrons. The fraction of sp³-hybridized carbons (Fsp3) is 0.300. The van der Waals surface area contributed by atoms with Gasteiger partial charge in [0.05, 0.1) is 21.1 Å². The van der Waals surface area contributed by atoms with Gasteiger partial charge in [0.15, 0.2) is 0 Å². The molecular weight excluding hydrogens is 405 g/mol. The molecule has 0 fully saturated rings. The minimum atomic E-state index is -0.466. The summed E-state index contributed by atoms with van der Waals surface area (Å²) in [7, 11) is 0. The zero-order chi connectivity index (χ0) is 19.7. The monoisotopic (exact) mass is 423 g/mol. The van der Waals surface area contributed by atoms with Crippen molar-refractivity contribution >= 4 is 51.7 Å². The largest absolute Gasteiger partial charge is 0.352 e. The second kappa shape index (κ2) is 8.09. The molecule has 0 spiro atoms. The van der Waals surface area contributed by atoms with Crippen LogP contribution in [0.4, 0.5) is 0 Å². The van der Waals surface area contributed by atoms with Gasteiger partial charge in [0.2, 0.25) is 5.91 Å². The molecule has 0 aliphatic carbocycles. The van der Waals surface area contributed by atoms with Crippen LogP contribution in [0.2, 0.25) is 15.1 Å². The second-order valence-electron chi connectivity index (χ2n) is 6.76. The van der Waals surface area contributed by atoms with E-state index in [2.05, 4.69) is 5.32 Å². The molecule has 1 amide bonds. The summed E-state index contributed by atoms with van der Waals surface area (Å²) < 4.78 is 1.90. The van der Waals surface area contributed by atoms with Gasteiger partial charge >= 0.3 is 0 Å². The third-order valence-electron chi connectivity index (χ3n) is 4.31. The first kappa shape index (κ1) is 20.0. The van der Waals surface area contributed by atoms with Crippen molar-refractivity contribution in [1.82, 2.24) is 14.9 Å². The van der Waals surface area contributed by atoms with Crippen LogP contribution in [-0.4, -0.2) is 21.5 Å². The first-order valence-corrected chi connectivity index (χ1v) is 9.81. The number of carbonyl (C=O) groups excluding carboxylic acids is 1. The minimum Gasteiger partial charge on any atom is -0.352 e. The Labute approximate surface area is 173 Å². The Hall–Kier alpha value is -1.75. The maximum absolute atomic E-state index is 12.7. The normalized spacial score (nSPS) is 12.6. The molecule has 1 atom stereocenters. The van der Waals surface area contributed by atoms with Crippen LogP contribution in [0.25, 0.3) is 11.0 Å². The van der Waals surface area contributed by atoms with E-state index in [1.807, 2.05) is 49.6 Å². The van der Waals surface area contributed by atoms with E-state index in [-0.39, 0.29) is 11.9 Å². The molecule has 3 aromatic rings. The van der Waals surface area contributed by atoms with Crippen LogP contribution in [0, 0.1) is 0 Å². The van der Waals surface area contributed by atoms with Crippen LogP contribution in [0.3, 0.4) is 0 Å². The highest BCUT2D eigenvalue weighted by molar-refractivity contribution is 6.42. The highest BCUT2D eigenvalue weighted by Crippen LogP contribution is 2.31. The summed E-state index contributed by atoms with van der Waals surface area (Å²) in [6, 6.07) is 10.6. The first-order valence-electron chi connectivity index (χ1n) is 8.67. The molecule has 0 saturated carbocycles. The molecule has 7 heteroatoms. The zero-order valence-electron chi connectivity index (χ0n) is 15.3. The van der Waals surface area contributed by atoms with Crippen molar-refractivity contribution in [2.45, 2.75) is 39.3 Å². The lowest BCUT2D eigenvalue weighted by molar-refractivity contribution is -0.124. The van der Waals surface area contributed by atoms with Gasteiger partial charge in [-0.1, -0.05) is 53.0 Å². The molecule has 0 aliphatic heterocycles.